The zero-order chi connectivity index (χ0) is 21.5. The van der Waals surface area contributed by atoms with E-state index in [0.717, 1.165) is 35.5 Å². The topological polar surface area (TPSA) is 44.4 Å². The maximum atomic E-state index is 12.9. The summed E-state index contributed by atoms with van der Waals surface area (Å²) in [5, 5.41) is 7.05. The zero-order valence-corrected chi connectivity index (χ0v) is 18.5. The van der Waals surface area contributed by atoms with E-state index in [2.05, 4.69) is 88.3 Å². The molecule has 160 valence electrons. The van der Waals surface area contributed by atoms with Crippen molar-refractivity contribution in [1.82, 2.24) is 10.6 Å². The van der Waals surface area contributed by atoms with E-state index in [0.29, 0.717) is 0 Å². The number of amides is 1. The fourth-order valence-corrected chi connectivity index (χ4v) is 6.64. The highest BCUT2D eigenvalue weighted by Gasteiger charge is 2.46. The Hall–Kier alpha value is -3.02. The number of nitrogens with zero attached hydrogens (tertiary/aromatic N) is 1. The number of hydrogen-bond donors (Lipinski definition) is 2. The molecule has 6 rings (SSSR count). The Morgan fingerprint density at radius 1 is 0.781 bits per heavy atom. The van der Waals surface area contributed by atoms with Gasteiger partial charge in [0.25, 0.3) is 0 Å². The lowest BCUT2D eigenvalue weighted by Crippen LogP contribution is -2.54. The van der Waals surface area contributed by atoms with Gasteiger partial charge in [-0.2, -0.15) is 0 Å². The number of hydrogen-bond acceptors (Lipinski definition) is 4. The summed E-state index contributed by atoms with van der Waals surface area (Å²) in [4.78, 5) is 16.6. The summed E-state index contributed by atoms with van der Waals surface area (Å²) in [7, 11) is 0. The molecule has 0 saturated carbocycles. The van der Waals surface area contributed by atoms with Crippen molar-refractivity contribution < 1.29 is 4.79 Å². The SMILES string of the molecule is O=C1NC(c2ccc(N(c3ccccc3)c3ccccc3)cc2)NC2SC3=C(CCC3)C12. The predicted octanol–water partition coefficient (Wildman–Crippen LogP) is 6.00. The van der Waals surface area contributed by atoms with Crippen LogP contribution in [0.15, 0.2) is 95.4 Å². The molecule has 5 heteroatoms. The molecule has 0 aromatic heterocycles. The van der Waals surface area contributed by atoms with Crippen LogP contribution in [0.25, 0.3) is 0 Å². The van der Waals surface area contributed by atoms with Crippen molar-refractivity contribution in [2.24, 2.45) is 5.92 Å². The number of allylic oxidation sites excluding steroid dienone is 1. The number of carbonyl (C=O) groups is 1. The van der Waals surface area contributed by atoms with Crippen LogP contribution in [0.4, 0.5) is 17.1 Å². The molecule has 2 heterocycles. The molecule has 1 saturated heterocycles. The fourth-order valence-electron chi connectivity index (χ4n) is 5.07. The highest BCUT2D eigenvalue weighted by atomic mass is 32.2. The lowest BCUT2D eigenvalue weighted by Gasteiger charge is -2.35. The molecular formula is C27H25N3OS. The first-order valence-corrected chi connectivity index (χ1v) is 12.1. The third kappa shape index (κ3) is 3.42. The second kappa shape index (κ2) is 8.15. The quantitative estimate of drug-likeness (QED) is 0.523. The highest BCUT2D eigenvalue weighted by Crippen LogP contribution is 2.51. The highest BCUT2D eigenvalue weighted by molar-refractivity contribution is 8.04. The van der Waals surface area contributed by atoms with E-state index < -0.39 is 0 Å². The monoisotopic (exact) mass is 439 g/mol. The second-order valence-corrected chi connectivity index (χ2v) is 9.76. The van der Waals surface area contributed by atoms with Gasteiger partial charge in [0.05, 0.1) is 11.3 Å². The summed E-state index contributed by atoms with van der Waals surface area (Å²) < 4.78 is 0. The van der Waals surface area contributed by atoms with Gasteiger partial charge in [-0.1, -0.05) is 48.5 Å². The van der Waals surface area contributed by atoms with Crippen LogP contribution in [0.5, 0.6) is 0 Å². The van der Waals surface area contributed by atoms with Crippen LogP contribution in [0.2, 0.25) is 0 Å². The number of para-hydroxylation sites is 2. The Morgan fingerprint density at radius 2 is 1.41 bits per heavy atom. The van der Waals surface area contributed by atoms with Crippen molar-refractivity contribution >= 4 is 34.7 Å². The minimum Gasteiger partial charge on any atom is -0.336 e. The lowest BCUT2D eigenvalue weighted by molar-refractivity contribution is -0.127. The Labute approximate surface area is 192 Å². The van der Waals surface area contributed by atoms with Gasteiger partial charge in [0, 0.05) is 17.1 Å². The molecule has 3 aromatic rings. The molecule has 4 nitrogen and oxygen atoms in total. The molecule has 0 bridgehead atoms. The van der Waals surface area contributed by atoms with Crippen LogP contribution in [0.3, 0.4) is 0 Å². The molecule has 0 spiro atoms. The van der Waals surface area contributed by atoms with Gasteiger partial charge >= 0.3 is 0 Å². The van der Waals surface area contributed by atoms with E-state index in [9.17, 15) is 4.79 Å². The van der Waals surface area contributed by atoms with Crippen molar-refractivity contribution in [2.75, 3.05) is 4.90 Å². The van der Waals surface area contributed by atoms with Crippen molar-refractivity contribution in [1.29, 1.82) is 0 Å². The number of rotatable bonds is 4. The van der Waals surface area contributed by atoms with Crippen LogP contribution in [-0.2, 0) is 4.79 Å². The molecule has 1 amide bonds. The number of carbonyl (C=O) groups excluding carboxylic acids is 1. The first-order valence-electron chi connectivity index (χ1n) is 11.2. The largest absolute Gasteiger partial charge is 0.336 e. The molecule has 3 atom stereocenters. The fraction of sp³-hybridized carbons (Fsp3) is 0.222. The van der Waals surface area contributed by atoms with Crippen molar-refractivity contribution in [3.8, 4) is 0 Å². The molecule has 0 radical (unpaired) electrons. The standard InChI is InChI=1S/C27H25N3OS/c31-26-24-22-12-7-13-23(22)32-27(24)29-25(28-26)18-14-16-21(17-15-18)30(19-8-3-1-4-9-19)20-10-5-2-6-11-20/h1-6,8-11,14-17,24-25,27,29H,7,12-13H2,(H,28,31). The first kappa shape index (κ1) is 19.6. The van der Waals surface area contributed by atoms with Gasteiger partial charge in [-0.3, -0.25) is 10.1 Å². The maximum absolute atomic E-state index is 12.9. The predicted molar refractivity (Wildman–Crippen MR) is 131 cm³/mol. The van der Waals surface area contributed by atoms with Crippen LogP contribution in [0, 0.1) is 5.92 Å². The van der Waals surface area contributed by atoms with Gasteiger partial charge in [0.15, 0.2) is 0 Å². The average Bonchev–Trinajstić information content (AvgIpc) is 3.42. The molecule has 3 unspecified atom stereocenters. The van der Waals surface area contributed by atoms with Crippen LogP contribution < -0.4 is 15.5 Å². The Bertz CT molecular complexity index is 1120. The van der Waals surface area contributed by atoms with Crippen molar-refractivity contribution in [2.45, 2.75) is 30.8 Å². The molecule has 3 aromatic carbocycles. The molecule has 32 heavy (non-hydrogen) atoms. The zero-order valence-electron chi connectivity index (χ0n) is 17.7. The van der Waals surface area contributed by atoms with Gasteiger partial charge in [-0.25, -0.2) is 0 Å². The van der Waals surface area contributed by atoms with Crippen LogP contribution in [0.1, 0.15) is 31.0 Å². The summed E-state index contributed by atoms with van der Waals surface area (Å²) in [6, 6.07) is 29.3. The van der Waals surface area contributed by atoms with E-state index in [4.69, 9.17) is 0 Å². The van der Waals surface area contributed by atoms with E-state index in [-0.39, 0.29) is 23.4 Å². The summed E-state index contributed by atoms with van der Waals surface area (Å²) in [5.74, 6) is 0.164. The van der Waals surface area contributed by atoms with Gasteiger partial charge < -0.3 is 10.2 Å². The lowest BCUT2D eigenvalue weighted by atomic mass is 9.94. The van der Waals surface area contributed by atoms with Crippen LogP contribution in [-0.4, -0.2) is 11.3 Å². The Balaban J connectivity index is 1.27. The number of fused-ring (bicyclic) bond motifs is 2. The van der Waals surface area contributed by atoms with E-state index in [1.165, 1.54) is 16.9 Å². The molecule has 1 fully saturated rings. The Kier molecular flexibility index (Phi) is 5.01. The number of nitrogens with one attached hydrogen (secondary N) is 2. The number of thioether (sulfide) groups is 1. The molecule has 2 aliphatic heterocycles. The first-order chi connectivity index (χ1) is 15.8. The number of benzene rings is 3. The van der Waals surface area contributed by atoms with Crippen molar-refractivity contribution in [3.63, 3.8) is 0 Å². The van der Waals surface area contributed by atoms with Crippen LogP contribution >= 0.6 is 11.8 Å². The van der Waals surface area contributed by atoms with E-state index in [1.807, 2.05) is 23.9 Å². The summed E-state index contributed by atoms with van der Waals surface area (Å²) in [6.45, 7) is 0. The average molecular weight is 440 g/mol. The third-order valence-corrected chi connectivity index (χ3v) is 7.98. The van der Waals surface area contributed by atoms with E-state index >= 15 is 0 Å². The maximum Gasteiger partial charge on any atom is 0.231 e. The normalized spacial score (nSPS) is 24.1. The summed E-state index contributed by atoms with van der Waals surface area (Å²) in [6.07, 6.45) is 3.24. The molecule has 1 aliphatic carbocycles. The molecular weight excluding hydrogens is 414 g/mol. The third-order valence-electron chi connectivity index (χ3n) is 6.57. The molecule has 2 N–H and O–H groups in total. The van der Waals surface area contributed by atoms with Crippen molar-refractivity contribution in [3.05, 3.63) is 101 Å². The van der Waals surface area contributed by atoms with Gasteiger partial charge in [0.1, 0.15) is 6.17 Å². The van der Waals surface area contributed by atoms with E-state index in [1.54, 1.807) is 0 Å². The summed E-state index contributed by atoms with van der Waals surface area (Å²) >= 11 is 1.87. The van der Waals surface area contributed by atoms with Gasteiger partial charge in [-0.05, 0) is 71.7 Å². The number of anilines is 3. The smallest absolute Gasteiger partial charge is 0.231 e. The van der Waals surface area contributed by atoms with Gasteiger partial charge in [-0.15, -0.1) is 11.8 Å². The van der Waals surface area contributed by atoms with Gasteiger partial charge in [0.2, 0.25) is 5.91 Å². The molecule has 3 aliphatic rings. The second-order valence-electron chi connectivity index (χ2n) is 8.52. The Morgan fingerprint density at radius 3 is 2.06 bits per heavy atom. The summed E-state index contributed by atoms with van der Waals surface area (Å²) in [5.41, 5.74) is 5.76. The minimum absolute atomic E-state index is 0.000300. The minimum atomic E-state index is -0.160.